The van der Waals surface area contributed by atoms with Crippen LogP contribution in [0.3, 0.4) is 0 Å². The molecule has 0 saturated heterocycles. The summed E-state index contributed by atoms with van der Waals surface area (Å²) in [7, 11) is 1.16. The van der Waals surface area contributed by atoms with E-state index in [1.54, 1.807) is 0 Å². The van der Waals surface area contributed by atoms with Crippen molar-refractivity contribution in [2.75, 3.05) is 47.5 Å². The number of quaternary nitrogens is 1. The largest absolute Gasteiger partial charge is 0.756 e. The number of carbonyl (C=O) groups is 2. The molecule has 0 aliphatic rings. The Morgan fingerprint density at radius 2 is 0.981 bits per heavy atom. The third-order valence-electron chi connectivity index (χ3n) is 9.29. The van der Waals surface area contributed by atoms with Crippen molar-refractivity contribution < 1.29 is 42.1 Å². The molecule has 0 fully saturated rings. The molecule has 0 aromatic heterocycles. The van der Waals surface area contributed by atoms with E-state index in [1.807, 2.05) is 21.1 Å². The molecule has 0 spiro atoms. The highest BCUT2D eigenvalue weighted by Gasteiger charge is 2.21. The molecule has 0 heterocycles. The summed E-state index contributed by atoms with van der Waals surface area (Å²) in [6.07, 6.45) is 35.2. The summed E-state index contributed by atoms with van der Waals surface area (Å²) in [5.41, 5.74) is 0. The number of allylic oxidation sites excluding steroid dienone is 2. The highest BCUT2D eigenvalue weighted by molar-refractivity contribution is 7.45. The predicted octanol–water partition coefficient (Wildman–Crippen LogP) is 11.2. The first kappa shape index (κ1) is 50.8. The van der Waals surface area contributed by atoms with Crippen molar-refractivity contribution in [1.82, 2.24) is 0 Å². The Morgan fingerprint density at radius 1 is 0.577 bits per heavy atom. The van der Waals surface area contributed by atoms with Gasteiger partial charge in [-0.3, -0.25) is 14.2 Å². The van der Waals surface area contributed by atoms with Crippen LogP contribution in [0.25, 0.3) is 0 Å². The lowest BCUT2D eigenvalue weighted by atomic mass is 10.0. The standard InChI is InChI=1S/C42H82NO8P/c1-6-8-10-12-14-16-18-20-21-23-24-26-28-30-32-34-41(44)48-38-40(39-50-52(46,47)49-37-36-43(3,4)5)51-42(45)35-33-31-29-27-25-22-19-17-15-13-11-9-7-2/h22,25,40H,6-21,23-24,26-39H2,1-5H3/b25-22+/t40-/m1/s1. The van der Waals surface area contributed by atoms with Gasteiger partial charge in [-0.25, -0.2) is 0 Å². The van der Waals surface area contributed by atoms with Gasteiger partial charge >= 0.3 is 11.9 Å². The second kappa shape index (κ2) is 35.5. The number of hydrogen-bond donors (Lipinski definition) is 0. The van der Waals surface area contributed by atoms with Gasteiger partial charge in [-0.15, -0.1) is 0 Å². The number of likely N-dealkylation sites (N-methyl/N-ethyl adjacent to an activating group) is 1. The maximum atomic E-state index is 12.6. The predicted molar refractivity (Wildman–Crippen MR) is 213 cm³/mol. The summed E-state index contributed by atoms with van der Waals surface area (Å²) in [5, 5.41) is 0. The van der Waals surface area contributed by atoms with Gasteiger partial charge < -0.3 is 27.9 Å². The molecule has 9 nitrogen and oxygen atoms in total. The smallest absolute Gasteiger partial charge is 0.306 e. The minimum atomic E-state index is -4.62. The number of esters is 2. The molecule has 0 radical (unpaired) electrons. The number of unbranched alkanes of at least 4 members (excludes halogenated alkanes) is 23. The van der Waals surface area contributed by atoms with Crippen molar-refractivity contribution >= 4 is 19.8 Å². The highest BCUT2D eigenvalue weighted by Crippen LogP contribution is 2.38. The van der Waals surface area contributed by atoms with Gasteiger partial charge in [0.25, 0.3) is 7.82 Å². The molecule has 2 atom stereocenters. The van der Waals surface area contributed by atoms with E-state index in [9.17, 15) is 19.0 Å². The average Bonchev–Trinajstić information content (AvgIpc) is 3.09. The molecule has 308 valence electrons. The zero-order valence-corrected chi connectivity index (χ0v) is 35.4. The van der Waals surface area contributed by atoms with Gasteiger partial charge in [0.1, 0.15) is 19.8 Å². The number of carbonyl (C=O) groups excluding carboxylic acids is 2. The van der Waals surface area contributed by atoms with Crippen molar-refractivity contribution in [2.24, 2.45) is 0 Å². The van der Waals surface area contributed by atoms with E-state index in [4.69, 9.17) is 18.5 Å². The first-order chi connectivity index (χ1) is 25.0. The second-order valence-electron chi connectivity index (χ2n) is 15.7. The van der Waals surface area contributed by atoms with Crippen LogP contribution in [0.4, 0.5) is 0 Å². The maximum absolute atomic E-state index is 12.6. The fraction of sp³-hybridized carbons (Fsp3) is 0.905. The van der Waals surface area contributed by atoms with Crippen LogP contribution in [0.2, 0.25) is 0 Å². The maximum Gasteiger partial charge on any atom is 0.306 e. The van der Waals surface area contributed by atoms with E-state index >= 15 is 0 Å². The lowest BCUT2D eigenvalue weighted by molar-refractivity contribution is -0.870. The zero-order valence-electron chi connectivity index (χ0n) is 34.5. The fourth-order valence-corrected chi connectivity index (χ4v) is 6.61. The molecule has 0 aliphatic heterocycles. The van der Waals surface area contributed by atoms with Gasteiger partial charge in [0.05, 0.1) is 27.7 Å². The Kier molecular flexibility index (Phi) is 34.6. The number of hydrogen-bond acceptors (Lipinski definition) is 8. The molecular weight excluding hydrogens is 677 g/mol. The van der Waals surface area contributed by atoms with E-state index in [0.717, 1.165) is 44.9 Å². The van der Waals surface area contributed by atoms with E-state index in [0.29, 0.717) is 17.4 Å². The molecule has 52 heavy (non-hydrogen) atoms. The van der Waals surface area contributed by atoms with Crippen LogP contribution < -0.4 is 4.89 Å². The fourth-order valence-electron chi connectivity index (χ4n) is 5.88. The molecule has 0 N–H and O–H groups in total. The quantitative estimate of drug-likeness (QED) is 0.0200. The molecule has 1 unspecified atom stereocenters. The van der Waals surface area contributed by atoms with Crippen LogP contribution in [0.1, 0.15) is 194 Å². The summed E-state index contributed by atoms with van der Waals surface area (Å²) in [4.78, 5) is 37.4. The Balaban J connectivity index is 4.37. The molecule has 0 aromatic carbocycles. The van der Waals surface area contributed by atoms with Crippen molar-refractivity contribution in [3.05, 3.63) is 12.2 Å². The van der Waals surface area contributed by atoms with Gasteiger partial charge in [-0.1, -0.05) is 154 Å². The number of phosphoric acid groups is 1. The molecule has 0 bridgehead atoms. The van der Waals surface area contributed by atoms with E-state index in [2.05, 4.69) is 26.0 Å². The normalized spacial score (nSPS) is 13.7. The van der Waals surface area contributed by atoms with Crippen molar-refractivity contribution in [1.29, 1.82) is 0 Å². The van der Waals surface area contributed by atoms with Crippen LogP contribution in [0, 0.1) is 0 Å². The van der Waals surface area contributed by atoms with Crippen molar-refractivity contribution in [3.63, 3.8) is 0 Å². The minimum Gasteiger partial charge on any atom is -0.756 e. The number of ether oxygens (including phenoxy) is 2. The lowest BCUT2D eigenvalue weighted by Crippen LogP contribution is -2.37. The number of nitrogens with zero attached hydrogens (tertiary/aromatic N) is 1. The summed E-state index contributed by atoms with van der Waals surface area (Å²) in [6.45, 7) is 4.21. The third-order valence-corrected chi connectivity index (χ3v) is 10.2. The summed E-state index contributed by atoms with van der Waals surface area (Å²) >= 11 is 0. The molecule has 0 aliphatic carbocycles. The van der Waals surface area contributed by atoms with Crippen LogP contribution in [-0.4, -0.2) is 70.0 Å². The Bertz CT molecular complexity index is 907. The summed E-state index contributed by atoms with van der Waals surface area (Å²) in [5.74, 6) is -0.845. The van der Waals surface area contributed by atoms with Crippen LogP contribution >= 0.6 is 7.82 Å². The van der Waals surface area contributed by atoms with Crippen LogP contribution in [-0.2, 0) is 32.7 Å². The minimum absolute atomic E-state index is 0.0305. The molecule has 0 amide bonds. The SMILES string of the molecule is CCCCCCCC/C=C/CCCCCC(=O)O[C@H](COC(=O)CCCCCCCCCCCCCCCCC)COP(=O)([O-])OCC[N+](C)(C)C. The first-order valence-corrected chi connectivity index (χ1v) is 22.9. The van der Waals surface area contributed by atoms with Gasteiger partial charge in [0, 0.05) is 12.8 Å². The molecule has 0 aromatic rings. The van der Waals surface area contributed by atoms with E-state index < -0.39 is 26.5 Å². The lowest BCUT2D eigenvalue weighted by Gasteiger charge is -2.28. The van der Waals surface area contributed by atoms with Gasteiger partial charge in [0.15, 0.2) is 6.10 Å². The Labute approximate surface area is 320 Å². The summed E-state index contributed by atoms with van der Waals surface area (Å²) in [6, 6.07) is 0. The average molecular weight is 760 g/mol. The van der Waals surface area contributed by atoms with Gasteiger partial charge in [-0.05, 0) is 38.5 Å². The second-order valence-corrected chi connectivity index (χ2v) is 17.1. The van der Waals surface area contributed by atoms with E-state index in [1.165, 1.54) is 116 Å². The van der Waals surface area contributed by atoms with Crippen molar-refractivity contribution in [3.8, 4) is 0 Å². The number of rotatable bonds is 39. The van der Waals surface area contributed by atoms with E-state index in [-0.39, 0.29) is 32.0 Å². The molecular formula is C42H82NO8P. The Hall–Kier alpha value is -1.25. The molecule has 0 saturated carbocycles. The van der Waals surface area contributed by atoms with Crippen LogP contribution in [0.5, 0.6) is 0 Å². The monoisotopic (exact) mass is 760 g/mol. The topological polar surface area (TPSA) is 111 Å². The number of phosphoric ester groups is 1. The Morgan fingerprint density at radius 3 is 1.44 bits per heavy atom. The highest BCUT2D eigenvalue weighted by atomic mass is 31.2. The summed E-state index contributed by atoms with van der Waals surface area (Å²) < 4.78 is 33.8. The van der Waals surface area contributed by atoms with Gasteiger partial charge in [-0.2, -0.15) is 0 Å². The zero-order chi connectivity index (χ0) is 38.6. The molecule has 0 rings (SSSR count). The van der Waals surface area contributed by atoms with Crippen LogP contribution in [0.15, 0.2) is 12.2 Å². The third kappa shape index (κ3) is 38.5. The van der Waals surface area contributed by atoms with Crippen molar-refractivity contribution in [2.45, 2.75) is 200 Å². The molecule has 10 heteroatoms. The van der Waals surface area contributed by atoms with Gasteiger partial charge in [0.2, 0.25) is 0 Å². The first-order valence-electron chi connectivity index (χ1n) is 21.4.